The number of unbranched alkanes of at least 4 members (excludes halogenated alkanes) is 3. The van der Waals surface area contributed by atoms with Gasteiger partial charge in [-0.05, 0) is 80.1 Å². The third kappa shape index (κ3) is 15.3. The van der Waals surface area contributed by atoms with E-state index in [0.29, 0.717) is 95.7 Å². The fourth-order valence-electron chi connectivity index (χ4n) is 5.99. The Hall–Kier alpha value is -4.93. The van der Waals surface area contributed by atoms with Crippen molar-refractivity contribution < 1.29 is 38.1 Å². The predicted octanol–water partition coefficient (Wildman–Crippen LogP) is 4.75. The van der Waals surface area contributed by atoms with Gasteiger partial charge in [0.1, 0.15) is 11.6 Å². The number of hydrogen-bond donors (Lipinski definition) is 4. The Labute approximate surface area is 329 Å². The third-order valence-corrected chi connectivity index (χ3v) is 9.24. The van der Waals surface area contributed by atoms with Crippen molar-refractivity contribution in [2.24, 2.45) is 10.7 Å². The molecule has 304 valence electrons. The number of anilines is 1. The Bertz CT molecular complexity index is 1670. The molecule has 4 rings (SSSR count). The molecule has 56 heavy (non-hydrogen) atoms. The summed E-state index contributed by atoms with van der Waals surface area (Å²) >= 11 is 0. The van der Waals surface area contributed by atoms with Gasteiger partial charge in [0.2, 0.25) is 0 Å². The number of amidine groups is 2. The summed E-state index contributed by atoms with van der Waals surface area (Å²) in [5.41, 5.74) is 8.66. The maximum atomic E-state index is 13.3. The molecule has 3 aromatic rings. The van der Waals surface area contributed by atoms with Gasteiger partial charge in [0.05, 0.1) is 65.8 Å². The monoisotopic (exact) mass is 775 g/mol. The number of nitrogens with two attached hydrogens (primary N) is 1. The number of rotatable bonds is 25. The van der Waals surface area contributed by atoms with Crippen LogP contribution in [0, 0.1) is 5.41 Å². The zero-order valence-corrected chi connectivity index (χ0v) is 32.6. The fraction of sp³-hybridized carbons (Fsp3) is 0.488. The van der Waals surface area contributed by atoms with E-state index < -0.39 is 5.54 Å². The Morgan fingerprint density at radius 1 is 0.839 bits per heavy atom. The SMILES string of the molecule is COC(=O)CCOCCOCCOCCCCCCOc1cccc(CNC(=O)c2cccc(NC3(C(N)=NC(=N)c4ccncc4)CCN(OC)CC3)c2)c1. The van der Waals surface area contributed by atoms with Crippen molar-refractivity contribution >= 4 is 29.2 Å². The van der Waals surface area contributed by atoms with Crippen molar-refractivity contribution in [3.8, 4) is 5.75 Å². The molecule has 0 saturated carbocycles. The number of amides is 1. The van der Waals surface area contributed by atoms with Crippen LogP contribution in [-0.2, 0) is 35.1 Å². The average molecular weight is 776 g/mol. The molecular weight excluding hydrogens is 718 g/mol. The Morgan fingerprint density at radius 3 is 2.23 bits per heavy atom. The van der Waals surface area contributed by atoms with E-state index in [1.807, 2.05) is 41.5 Å². The van der Waals surface area contributed by atoms with E-state index in [1.54, 1.807) is 43.8 Å². The van der Waals surface area contributed by atoms with Gasteiger partial charge in [0.15, 0.2) is 5.84 Å². The quantitative estimate of drug-likeness (QED) is 0.0400. The Morgan fingerprint density at radius 2 is 1.52 bits per heavy atom. The molecule has 15 nitrogen and oxygen atoms in total. The standard InChI is InChI=1S/C41H57N7O8/c1-51-37(49)15-24-54-26-28-55-27-25-53-22-5-3-4-6-23-56-36-12-7-9-32(29-36)31-45-39(50)34-10-8-11-35(30-34)47-41(16-20-48(52-2)21-17-41)40(43)46-38(42)33-13-18-44-19-14-33/h7-14,18-19,29-30,47H,3-6,15-17,20-28,31H2,1-2H3,(H,45,50)(H3,42,43,46). The van der Waals surface area contributed by atoms with Crippen molar-refractivity contribution in [1.82, 2.24) is 15.4 Å². The Balaban J connectivity index is 1.15. The van der Waals surface area contributed by atoms with Gasteiger partial charge in [-0.1, -0.05) is 24.6 Å². The van der Waals surface area contributed by atoms with Gasteiger partial charge < -0.3 is 44.9 Å². The highest BCUT2D eigenvalue weighted by molar-refractivity contribution is 6.07. The second kappa shape index (κ2) is 24.6. The van der Waals surface area contributed by atoms with E-state index in [2.05, 4.69) is 25.3 Å². The van der Waals surface area contributed by atoms with Crippen LogP contribution in [0.15, 0.2) is 78.0 Å². The smallest absolute Gasteiger partial charge is 0.307 e. The molecule has 0 radical (unpaired) electrons. The van der Waals surface area contributed by atoms with E-state index in [4.69, 9.17) is 34.9 Å². The lowest BCUT2D eigenvalue weighted by molar-refractivity contribution is -0.145. The number of aromatic nitrogens is 1. The van der Waals surface area contributed by atoms with Crippen LogP contribution >= 0.6 is 0 Å². The van der Waals surface area contributed by atoms with Crippen molar-refractivity contribution in [2.45, 2.75) is 57.0 Å². The zero-order chi connectivity index (χ0) is 39.9. The number of benzene rings is 2. The van der Waals surface area contributed by atoms with E-state index in [1.165, 1.54) is 7.11 Å². The predicted molar refractivity (Wildman–Crippen MR) is 214 cm³/mol. The number of hydroxylamine groups is 2. The van der Waals surface area contributed by atoms with E-state index >= 15 is 0 Å². The van der Waals surface area contributed by atoms with Crippen LogP contribution in [0.3, 0.4) is 0 Å². The van der Waals surface area contributed by atoms with Gasteiger partial charge in [0.25, 0.3) is 5.91 Å². The summed E-state index contributed by atoms with van der Waals surface area (Å²) < 4.78 is 27.0. The number of nitrogens with one attached hydrogen (secondary N) is 3. The van der Waals surface area contributed by atoms with Crippen molar-refractivity contribution in [2.75, 3.05) is 78.9 Å². The summed E-state index contributed by atoms with van der Waals surface area (Å²) in [5, 5.41) is 17.0. The second-order valence-corrected chi connectivity index (χ2v) is 13.2. The number of methoxy groups -OCH3 is 1. The number of nitrogens with zero attached hydrogens (tertiary/aromatic N) is 3. The number of carbonyl (C=O) groups excluding carboxylic acids is 2. The molecule has 15 heteroatoms. The van der Waals surface area contributed by atoms with Crippen LogP contribution in [-0.4, -0.2) is 113 Å². The molecule has 0 spiro atoms. The van der Waals surface area contributed by atoms with Crippen LogP contribution < -0.4 is 21.1 Å². The summed E-state index contributed by atoms with van der Waals surface area (Å²) in [4.78, 5) is 38.3. The molecule has 2 aromatic carbocycles. The van der Waals surface area contributed by atoms with Crippen molar-refractivity contribution in [3.05, 3.63) is 89.7 Å². The van der Waals surface area contributed by atoms with Crippen LogP contribution in [0.25, 0.3) is 0 Å². The number of piperidine rings is 1. The summed E-state index contributed by atoms with van der Waals surface area (Å²) in [7, 11) is 3.00. The molecule has 1 aliphatic rings. The maximum Gasteiger partial charge on any atom is 0.307 e. The lowest BCUT2D eigenvalue weighted by Gasteiger charge is -2.41. The summed E-state index contributed by atoms with van der Waals surface area (Å²) in [6.45, 7) is 5.13. The average Bonchev–Trinajstić information content (AvgIpc) is 3.23. The van der Waals surface area contributed by atoms with E-state index in [-0.39, 0.29) is 24.1 Å². The summed E-state index contributed by atoms with van der Waals surface area (Å²) in [5.74, 6) is 0.618. The van der Waals surface area contributed by atoms with Crippen LogP contribution in [0.1, 0.15) is 66.4 Å². The molecule has 0 atom stereocenters. The minimum absolute atomic E-state index is 0.0504. The summed E-state index contributed by atoms with van der Waals surface area (Å²) in [6.07, 6.45) is 8.63. The van der Waals surface area contributed by atoms with Crippen molar-refractivity contribution in [1.29, 1.82) is 5.41 Å². The molecular formula is C41H57N7O8. The van der Waals surface area contributed by atoms with Gasteiger partial charge >= 0.3 is 5.97 Å². The lowest BCUT2D eigenvalue weighted by atomic mass is 9.86. The number of ether oxygens (including phenoxy) is 5. The lowest BCUT2D eigenvalue weighted by Crippen LogP contribution is -2.57. The zero-order valence-electron chi connectivity index (χ0n) is 32.6. The summed E-state index contributed by atoms with van der Waals surface area (Å²) in [6, 6.07) is 18.5. The first-order chi connectivity index (χ1) is 27.3. The number of hydrogen-bond acceptors (Lipinski definition) is 12. The molecule has 0 aliphatic carbocycles. The van der Waals surface area contributed by atoms with E-state index in [0.717, 1.165) is 42.7 Å². The number of carbonyl (C=O) groups is 2. The van der Waals surface area contributed by atoms with Gasteiger partial charge in [0, 0.05) is 55.4 Å². The van der Waals surface area contributed by atoms with E-state index in [9.17, 15) is 9.59 Å². The molecule has 1 amide bonds. The van der Waals surface area contributed by atoms with Gasteiger partial charge in [-0.25, -0.2) is 4.99 Å². The molecule has 5 N–H and O–H groups in total. The van der Waals surface area contributed by atoms with Gasteiger partial charge in [-0.2, -0.15) is 5.06 Å². The second-order valence-electron chi connectivity index (χ2n) is 13.2. The first-order valence-corrected chi connectivity index (χ1v) is 19.1. The highest BCUT2D eigenvalue weighted by Crippen LogP contribution is 2.29. The number of esters is 1. The molecule has 1 fully saturated rings. The molecule has 1 saturated heterocycles. The molecule has 0 unspecified atom stereocenters. The van der Waals surface area contributed by atoms with Crippen LogP contribution in [0.4, 0.5) is 5.69 Å². The Kier molecular flexibility index (Phi) is 19.2. The minimum atomic E-state index is -0.748. The third-order valence-electron chi connectivity index (χ3n) is 9.24. The first-order valence-electron chi connectivity index (χ1n) is 19.1. The molecule has 2 heterocycles. The fourth-order valence-corrected chi connectivity index (χ4v) is 5.99. The van der Waals surface area contributed by atoms with Crippen molar-refractivity contribution in [3.63, 3.8) is 0 Å². The number of pyridine rings is 1. The minimum Gasteiger partial charge on any atom is -0.494 e. The molecule has 1 aromatic heterocycles. The van der Waals surface area contributed by atoms with Gasteiger partial charge in [-0.15, -0.1) is 0 Å². The first kappa shape index (κ1) is 43.8. The maximum absolute atomic E-state index is 13.3. The van der Waals surface area contributed by atoms with Crippen LogP contribution in [0.2, 0.25) is 0 Å². The van der Waals surface area contributed by atoms with Crippen LogP contribution in [0.5, 0.6) is 5.75 Å². The highest BCUT2D eigenvalue weighted by Gasteiger charge is 2.39. The molecule has 0 bridgehead atoms. The van der Waals surface area contributed by atoms with Gasteiger partial charge in [-0.3, -0.25) is 20.0 Å². The normalized spacial score (nSPS) is 14.2. The number of aliphatic imine (C=N–C) groups is 1. The molecule has 1 aliphatic heterocycles. The highest BCUT2D eigenvalue weighted by atomic mass is 16.7. The largest absolute Gasteiger partial charge is 0.494 e. The topological polar surface area (TPSA) is 192 Å².